The highest BCUT2D eigenvalue weighted by Crippen LogP contribution is 2.37. The summed E-state index contributed by atoms with van der Waals surface area (Å²) in [7, 11) is -0.729. The van der Waals surface area contributed by atoms with E-state index in [1.54, 1.807) is 13.4 Å². The van der Waals surface area contributed by atoms with E-state index in [1.165, 1.54) is 27.5 Å². The first-order valence-corrected chi connectivity index (χ1v) is 15.0. The molecule has 1 unspecified atom stereocenters. The Labute approximate surface area is 246 Å². The van der Waals surface area contributed by atoms with E-state index in [1.807, 2.05) is 66.3 Å². The molecular formula is C30H29F3N6O3S. The van der Waals surface area contributed by atoms with Crippen LogP contribution in [0.1, 0.15) is 22.8 Å². The second kappa shape index (κ2) is 11.0. The highest BCUT2D eigenvalue weighted by molar-refractivity contribution is 7.89. The maximum atomic E-state index is 14.1. The first-order chi connectivity index (χ1) is 20.5. The fourth-order valence-electron chi connectivity index (χ4n) is 5.45. The molecule has 224 valence electrons. The molecule has 1 aliphatic rings. The average molecular weight is 611 g/mol. The molecule has 1 atom stereocenters. The van der Waals surface area contributed by atoms with Crippen molar-refractivity contribution in [2.45, 2.75) is 36.8 Å². The summed E-state index contributed by atoms with van der Waals surface area (Å²) < 4.78 is 77.8. The number of halogens is 3. The van der Waals surface area contributed by atoms with Gasteiger partial charge < -0.3 is 18.5 Å². The normalized spacial score (nSPS) is 15.7. The fraction of sp³-hybridized carbons (Fsp3) is 0.267. The maximum Gasteiger partial charge on any atom is 0.449 e. The molecule has 0 amide bonds. The lowest BCUT2D eigenvalue weighted by molar-refractivity contribution is -0.153. The molecule has 0 radical (unpaired) electrons. The van der Waals surface area contributed by atoms with E-state index in [-0.39, 0.29) is 17.3 Å². The van der Waals surface area contributed by atoms with Crippen LogP contribution in [0.2, 0.25) is 0 Å². The molecule has 6 rings (SSSR count). The summed E-state index contributed by atoms with van der Waals surface area (Å²) >= 11 is 0. The zero-order valence-corrected chi connectivity index (χ0v) is 24.3. The monoisotopic (exact) mass is 610 g/mol. The molecule has 0 fully saturated rings. The standard InChI is InChI=1S/C30H29F3N6O3S/c1-36-14-24(34-19-36)15-38-16-25(13-23-12-22(8-10-27(23)38)21-6-4-3-5-7-21)39(43(40,41)29-18-37(2)20-35-29)17-26-9-11-28(42-26)30(31,32)33/h3-12,14,18-20,25H,13,15-17H2,1-2H3. The van der Waals surface area contributed by atoms with E-state index in [0.29, 0.717) is 13.0 Å². The summed E-state index contributed by atoms with van der Waals surface area (Å²) in [5.74, 6) is -1.30. The molecule has 0 saturated heterocycles. The van der Waals surface area contributed by atoms with Gasteiger partial charge in [-0.15, -0.1) is 0 Å². The Bertz CT molecular complexity index is 1850. The Morgan fingerprint density at radius 3 is 2.35 bits per heavy atom. The van der Waals surface area contributed by atoms with Crippen LogP contribution in [0.5, 0.6) is 0 Å². The highest BCUT2D eigenvalue weighted by atomic mass is 32.2. The van der Waals surface area contributed by atoms with Gasteiger partial charge in [0.15, 0.2) is 5.03 Å². The number of furan rings is 1. The predicted octanol–water partition coefficient (Wildman–Crippen LogP) is 5.25. The molecule has 0 bridgehead atoms. The lowest BCUT2D eigenvalue weighted by Gasteiger charge is -2.40. The van der Waals surface area contributed by atoms with Gasteiger partial charge in [-0.3, -0.25) is 0 Å². The van der Waals surface area contributed by atoms with Crippen LogP contribution in [0.25, 0.3) is 11.1 Å². The molecule has 4 heterocycles. The number of aromatic nitrogens is 4. The number of fused-ring (bicyclic) bond motifs is 1. The molecule has 9 nitrogen and oxygen atoms in total. The van der Waals surface area contributed by atoms with Crippen LogP contribution >= 0.6 is 0 Å². The van der Waals surface area contributed by atoms with Gasteiger partial charge in [-0.05, 0) is 47.4 Å². The molecule has 5 aromatic rings. The Kier molecular flexibility index (Phi) is 7.38. The Morgan fingerprint density at radius 2 is 1.70 bits per heavy atom. The summed E-state index contributed by atoms with van der Waals surface area (Å²) in [6.07, 6.45) is 1.97. The minimum atomic E-state index is -4.69. The van der Waals surface area contributed by atoms with Crippen LogP contribution in [0, 0.1) is 0 Å². The van der Waals surface area contributed by atoms with Crippen molar-refractivity contribution in [2.24, 2.45) is 14.1 Å². The summed E-state index contributed by atoms with van der Waals surface area (Å²) in [6.45, 7) is 0.281. The largest absolute Gasteiger partial charge is 0.455 e. The number of hydrogen-bond acceptors (Lipinski definition) is 6. The number of imidazole rings is 2. The third-order valence-electron chi connectivity index (χ3n) is 7.44. The predicted molar refractivity (Wildman–Crippen MR) is 153 cm³/mol. The van der Waals surface area contributed by atoms with Gasteiger partial charge in [0, 0.05) is 44.8 Å². The fourth-order valence-corrected chi connectivity index (χ4v) is 7.00. The summed E-state index contributed by atoms with van der Waals surface area (Å²) in [4.78, 5) is 10.6. The first kappa shape index (κ1) is 28.7. The van der Waals surface area contributed by atoms with Gasteiger partial charge in [-0.1, -0.05) is 36.4 Å². The molecule has 0 N–H and O–H groups in total. The zero-order valence-electron chi connectivity index (χ0n) is 23.4. The number of nitrogens with zero attached hydrogens (tertiary/aromatic N) is 6. The second-order valence-electron chi connectivity index (χ2n) is 10.7. The molecule has 13 heteroatoms. The maximum absolute atomic E-state index is 14.1. The smallest absolute Gasteiger partial charge is 0.449 e. The average Bonchev–Trinajstić information content (AvgIpc) is 3.73. The highest BCUT2D eigenvalue weighted by Gasteiger charge is 2.40. The minimum absolute atomic E-state index is 0.119. The van der Waals surface area contributed by atoms with Gasteiger partial charge in [-0.25, -0.2) is 18.4 Å². The Balaban J connectivity index is 1.43. The Morgan fingerprint density at radius 1 is 0.953 bits per heavy atom. The van der Waals surface area contributed by atoms with Gasteiger partial charge in [0.25, 0.3) is 10.0 Å². The zero-order chi connectivity index (χ0) is 30.4. The molecule has 2 aromatic carbocycles. The number of anilines is 1. The molecule has 1 aliphatic heterocycles. The van der Waals surface area contributed by atoms with Gasteiger partial charge >= 0.3 is 6.18 Å². The number of alkyl halides is 3. The van der Waals surface area contributed by atoms with Crippen molar-refractivity contribution in [1.29, 1.82) is 0 Å². The van der Waals surface area contributed by atoms with Crippen molar-refractivity contribution in [3.63, 3.8) is 0 Å². The molecule has 43 heavy (non-hydrogen) atoms. The van der Waals surface area contributed by atoms with E-state index in [2.05, 4.69) is 14.9 Å². The van der Waals surface area contributed by atoms with Crippen molar-refractivity contribution >= 4 is 15.7 Å². The van der Waals surface area contributed by atoms with Gasteiger partial charge in [0.2, 0.25) is 5.76 Å². The summed E-state index contributed by atoms with van der Waals surface area (Å²) in [5.41, 5.74) is 4.62. The van der Waals surface area contributed by atoms with Crippen LogP contribution in [0.4, 0.5) is 18.9 Å². The minimum Gasteiger partial charge on any atom is -0.455 e. The van der Waals surface area contributed by atoms with Crippen LogP contribution < -0.4 is 4.90 Å². The van der Waals surface area contributed by atoms with Crippen molar-refractivity contribution in [1.82, 2.24) is 23.4 Å². The van der Waals surface area contributed by atoms with Crippen LogP contribution in [-0.2, 0) is 49.8 Å². The number of hydrogen-bond donors (Lipinski definition) is 0. The quantitative estimate of drug-likeness (QED) is 0.238. The van der Waals surface area contributed by atoms with Crippen molar-refractivity contribution < 1.29 is 26.0 Å². The van der Waals surface area contributed by atoms with Crippen molar-refractivity contribution in [2.75, 3.05) is 11.4 Å². The van der Waals surface area contributed by atoms with Crippen molar-refractivity contribution in [3.05, 3.63) is 108 Å². The van der Waals surface area contributed by atoms with Gasteiger partial charge in [-0.2, -0.15) is 17.5 Å². The van der Waals surface area contributed by atoms with E-state index in [0.717, 1.165) is 34.1 Å². The van der Waals surface area contributed by atoms with E-state index >= 15 is 0 Å². The van der Waals surface area contributed by atoms with Crippen molar-refractivity contribution in [3.8, 4) is 11.1 Å². The number of rotatable bonds is 8. The van der Waals surface area contributed by atoms with Crippen LogP contribution in [-0.4, -0.2) is 44.4 Å². The van der Waals surface area contributed by atoms with Crippen LogP contribution in [0.15, 0.2) is 95.2 Å². The molecule has 3 aromatic heterocycles. The first-order valence-electron chi connectivity index (χ1n) is 13.5. The third-order valence-corrected chi connectivity index (χ3v) is 9.22. The van der Waals surface area contributed by atoms with Gasteiger partial charge in [0.1, 0.15) is 5.76 Å². The molecular weight excluding hydrogens is 581 g/mol. The number of sulfonamides is 1. The molecule has 0 spiro atoms. The second-order valence-corrected chi connectivity index (χ2v) is 12.5. The SMILES string of the molecule is Cn1cnc(CN2CC(N(Cc3ccc(C(F)(F)F)o3)S(=O)(=O)c3cn(C)cn3)Cc3cc(-c4ccccc4)ccc32)c1. The Hall–Kier alpha value is -4.36. The lowest BCUT2D eigenvalue weighted by Crippen LogP contribution is -2.50. The molecule has 0 aliphatic carbocycles. The number of aryl methyl sites for hydroxylation is 2. The van der Waals surface area contributed by atoms with Crippen LogP contribution in [0.3, 0.4) is 0 Å². The van der Waals surface area contributed by atoms with Gasteiger partial charge in [0.05, 0.1) is 31.4 Å². The lowest BCUT2D eigenvalue weighted by atomic mass is 9.93. The third kappa shape index (κ3) is 5.95. The summed E-state index contributed by atoms with van der Waals surface area (Å²) in [6, 6.07) is 17.3. The molecule has 0 saturated carbocycles. The topological polar surface area (TPSA) is 89.4 Å². The number of benzene rings is 2. The van der Waals surface area contributed by atoms with E-state index < -0.39 is 34.5 Å². The van der Waals surface area contributed by atoms with E-state index in [4.69, 9.17) is 4.42 Å². The van der Waals surface area contributed by atoms with E-state index in [9.17, 15) is 21.6 Å². The summed E-state index contributed by atoms with van der Waals surface area (Å²) in [5, 5.41) is -0.197.